The first-order valence-corrected chi connectivity index (χ1v) is 9.73. The number of hydrogen-bond donors (Lipinski definition) is 1. The lowest BCUT2D eigenvalue weighted by atomic mass is 10.1. The Morgan fingerprint density at radius 1 is 1.19 bits per heavy atom. The van der Waals surface area contributed by atoms with Crippen molar-refractivity contribution in [1.82, 2.24) is 10.3 Å². The third kappa shape index (κ3) is 4.56. The molecule has 1 N–H and O–H groups in total. The second-order valence-electron chi connectivity index (χ2n) is 5.65. The molecule has 134 valence electrons. The molecule has 2 aromatic heterocycles. The molecule has 0 unspecified atom stereocenters. The summed E-state index contributed by atoms with van der Waals surface area (Å²) in [5.74, 6) is 0.348. The number of thiazole rings is 1. The first-order chi connectivity index (χ1) is 12.5. The molecule has 1 aromatic carbocycles. The fourth-order valence-electron chi connectivity index (χ4n) is 2.26. The van der Waals surface area contributed by atoms with E-state index < -0.39 is 0 Å². The van der Waals surface area contributed by atoms with E-state index in [0.29, 0.717) is 17.9 Å². The first-order valence-electron chi connectivity index (χ1n) is 8.03. The van der Waals surface area contributed by atoms with Crippen LogP contribution in [0.1, 0.15) is 27.9 Å². The van der Waals surface area contributed by atoms with Gasteiger partial charge >= 0.3 is 0 Å². The van der Waals surface area contributed by atoms with E-state index in [-0.39, 0.29) is 18.3 Å². The third-order valence-electron chi connectivity index (χ3n) is 3.70. The highest BCUT2D eigenvalue weighted by Gasteiger charge is 2.11. The molecule has 1 amide bonds. The number of nitrogens with one attached hydrogen (secondary N) is 1. The van der Waals surface area contributed by atoms with Crippen LogP contribution in [0.5, 0.6) is 5.75 Å². The molecule has 0 spiro atoms. The number of Topliss-reactive ketones (excluding diaryl/α,β-unsaturated/α-hetero) is 1. The minimum absolute atomic E-state index is 0.00358. The van der Waals surface area contributed by atoms with Gasteiger partial charge in [0.1, 0.15) is 10.8 Å². The van der Waals surface area contributed by atoms with E-state index in [9.17, 15) is 9.59 Å². The maximum Gasteiger partial charge on any atom is 0.258 e. The molecule has 0 fully saturated rings. The summed E-state index contributed by atoms with van der Waals surface area (Å²) in [4.78, 5) is 30.0. The van der Waals surface area contributed by atoms with Crippen LogP contribution in [0.15, 0.2) is 41.8 Å². The summed E-state index contributed by atoms with van der Waals surface area (Å²) in [6, 6.07) is 10.8. The normalized spacial score (nSPS) is 10.5. The van der Waals surface area contributed by atoms with Crippen molar-refractivity contribution in [3.8, 4) is 15.6 Å². The Morgan fingerprint density at radius 3 is 2.62 bits per heavy atom. The van der Waals surface area contributed by atoms with Crippen molar-refractivity contribution >= 4 is 34.4 Å². The predicted octanol–water partition coefficient (Wildman–Crippen LogP) is 4.08. The molecule has 3 rings (SSSR count). The van der Waals surface area contributed by atoms with E-state index in [1.54, 1.807) is 46.9 Å². The molecule has 0 atom stereocenters. The van der Waals surface area contributed by atoms with Gasteiger partial charge in [0.15, 0.2) is 12.4 Å². The standard InChI is InChI=1S/C19H18N2O3S2/c1-12-17(26-19(21-12)16-4-3-9-25-16)10-20-18(23)11-24-15-7-5-14(6-8-15)13(2)22/h3-9H,10-11H2,1-2H3,(H,20,23). The lowest BCUT2D eigenvalue weighted by Gasteiger charge is -2.07. The molecular weight excluding hydrogens is 368 g/mol. The third-order valence-corrected chi connectivity index (χ3v) is 5.90. The highest BCUT2D eigenvalue weighted by Crippen LogP contribution is 2.30. The van der Waals surface area contributed by atoms with Crippen LogP contribution in [0.4, 0.5) is 0 Å². The quantitative estimate of drug-likeness (QED) is 0.621. The van der Waals surface area contributed by atoms with Gasteiger partial charge in [0.2, 0.25) is 0 Å². The van der Waals surface area contributed by atoms with Gasteiger partial charge in [-0.2, -0.15) is 0 Å². The number of nitrogens with zero attached hydrogens (tertiary/aromatic N) is 1. The minimum Gasteiger partial charge on any atom is -0.484 e. The summed E-state index contributed by atoms with van der Waals surface area (Å²) in [7, 11) is 0. The average Bonchev–Trinajstić information content (AvgIpc) is 3.28. The summed E-state index contributed by atoms with van der Waals surface area (Å²) in [5, 5.41) is 5.85. The Morgan fingerprint density at radius 2 is 1.96 bits per heavy atom. The van der Waals surface area contributed by atoms with Crippen LogP contribution in [-0.2, 0) is 11.3 Å². The predicted molar refractivity (Wildman–Crippen MR) is 104 cm³/mol. The van der Waals surface area contributed by atoms with Crippen molar-refractivity contribution in [2.24, 2.45) is 0 Å². The van der Waals surface area contributed by atoms with Crippen LogP contribution in [0, 0.1) is 6.92 Å². The molecule has 2 heterocycles. The van der Waals surface area contributed by atoms with Crippen LogP contribution in [-0.4, -0.2) is 23.3 Å². The number of carbonyl (C=O) groups excluding carboxylic acids is 2. The fourth-order valence-corrected chi connectivity index (χ4v) is 4.06. The number of thiophene rings is 1. The van der Waals surface area contributed by atoms with Crippen LogP contribution in [0.2, 0.25) is 0 Å². The van der Waals surface area contributed by atoms with Gasteiger partial charge in [0.25, 0.3) is 5.91 Å². The van der Waals surface area contributed by atoms with Gasteiger partial charge in [-0.15, -0.1) is 22.7 Å². The fraction of sp³-hybridized carbons (Fsp3) is 0.211. The molecule has 0 aliphatic rings. The lowest BCUT2D eigenvalue weighted by molar-refractivity contribution is -0.123. The molecule has 0 aliphatic heterocycles. The van der Waals surface area contributed by atoms with Gasteiger partial charge in [-0.1, -0.05) is 6.07 Å². The van der Waals surface area contributed by atoms with Crippen LogP contribution < -0.4 is 10.1 Å². The highest BCUT2D eigenvalue weighted by atomic mass is 32.1. The molecule has 0 radical (unpaired) electrons. The van der Waals surface area contributed by atoms with Crippen molar-refractivity contribution in [2.45, 2.75) is 20.4 Å². The van der Waals surface area contributed by atoms with Crippen LogP contribution in [0.25, 0.3) is 9.88 Å². The molecule has 5 nitrogen and oxygen atoms in total. The average molecular weight is 386 g/mol. The SMILES string of the molecule is CC(=O)c1ccc(OCC(=O)NCc2sc(-c3cccs3)nc2C)cc1. The Hall–Kier alpha value is -2.51. The van der Waals surface area contributed by atoms with Gasteiger partial charge in [0, 0.05) is 10.4 Å². The molecule has 7 heteroatoms. The second-order valence-corrected chi connectivity index (χ2v) is 7.68. The number of amides is 1. The largest absolute Gasteiger partial charge is 0.484 e. The summed E-state index contributed by atoms with van der Waals surface area (Å²) >= 11 is 3.24. The van der Waals surface area contributed by atoms with E-state index >= 15 is 0 Å². The summed E-state index contributed by atoms with van der Waals surface area (Å²) in [6.45, 7) is 3.81. The van der Waals surface area contributed by atoms with E-state index in [1.165, 1.54) is 6.92 Å². The zero-order valence-electron chi connectivity index (χ0n) is 14.4. The van der Waals surface area contributed by atoms with Gasteiger partial charge in [-0.25, -0.2) is 4.98 Å². The number of benzene rings is 1. The van der Waals surface area contributed by atoms with Gasteiger partial charge < -0.3 is 10.1 Å². The van der Waals surface area contributed by atoms with Gasteiger partial charge in [0.05, 0.1) is 17.1 Å². The van der Waals surface area contributed by atoms with Crippen LogP contribution in [0.3, 0.4) is 0 Å². The maximum absolute atomic E-state index is 12.0. The Labute approximate surface area is 159 Å². The molecule has 3 aromatic rings. The number of ketones is 1. The molecular formula is C19H18N2O3S2. The number of carbonyl (C=O) groups is 2. The van der Waals surface area contributed by atoms with E-state index in [1.807, 2.05) is 24.4 Å². The first kappa shape index (κ1) is 18.3. The van der Waals surface area contributed by atoms with Crippen molar-refractivity contribution < 1.29 is 14.3 Å². The molecule has 0 saturated carbocycles. The second kappa shape index (κ2) is 8.25. The maximum atomic E-state index is 12.0. The number of hydrogen-bond acceptors (Lipinski definition) is 6. The van der Waals surface area contributed by atoms with E-state index in [4.69, 9.17) is 4.74 Å². The Bertz CT molecular complexity index is 900. The van der Waals surface area contributed by atoms with Crippen LogP contribution >= 0.6 is 22.7 Å². The number of aromatic nitrogens is 1. The Kier molecular flexibility index (Phi) is 5.80. The molecule has 0 saturated heterocycles. The van der Waals surface area contributed by atoms with E-state index in [2.05, 4.69) is 10.3 Å². The van der Waals surface area contributed by atoms with E-state index in [0.717, 1.165) is 20.5 Å². The monoisotopic (exact) mass is 386 g/mol. The smallest absolute Gasteiger partial charge is 0.258 e. The molecule has 26 heavy (non-hydrogen) atoms. The van der Waals surface area contributed by atoms with Crippen molar-refractivity contribution in [3.63, 3.8) is 0 Å². The molecule has 0 aliphatic carbocycles. The summed E-state index contributed by atoms with van der Waals surface area (Å²) in [5.41, 5.74) is 1.54. The summed E-state index contributed by atoms with van der Waals surface area (Å²) in [6.07, 6.45) is 0. The topological polar surface area (TPSA) is 68.3 Å². The number of ether oxygens (including phenoxy) is 1. The summed E-state index contributed by atoms with van der Waals surface area (Å²) < 4.78 is 5.45. The van der Waals surface area contributed by atoms with Crippen molar-refractivity contribution in [2.75, 3.05) is 6.61 Å². The highest BCUT2D eigenvalue weighted by molar-refractivity contribution is 7.21. The minimum atomic E-state index is -0.203. The van der Waals surface area contributed by atoms with Gasteiger partial charge in [-0.05, 0) is 49.6 Å². The lowest BCUT2D eigenvalue weighted by Crippen LogP contribution is -2.28. The zero-order chi connectivity index (χ0) is 18.5. The van der Waals surface area contributed by atoms with Crippen molar-refractivity contribution in [3.05, 3.63) is 57.9 Å². The number of aryl methyl sites for hydroxylation is 1. The van der Waals surface area contributed by atoms with Gasteiger partial charge in [-0.3, -0.25) is 9.59 Å². The number of rotatable bonds is 7. The Balaban J connectivity index is 1.50. The zero-order valence-corrected chi connectivity index (χ0v) is 16.1. The molecule has 0 bridgehead atoms. The van der Waals surface area contributed by atoms with Crippen molar-refractivity contribution in [1.29, 1.82) is 0 Å².